The van der Waals surface area contributed by atoms with Crippen molar-refractivity contribution in [1.29, 1.82) is 0 Å². The molecule has 3 heteroatoms. The summed E-state index contributed by atoms with van der Waals surface area (Å²) in [5, 5.41) is 0. The molecule has 0 radical (unpaired) electrons. The highest BCUT2D eigenvalue weighted by Gasteiger charge is 1.96. The largest absolute Gasteiger partial charge is 0.357 e. The molecule has 0 aliphatic rings. The van der Waals surface area contributed by atoms with Crippen molar-refractivity contribution in [3.05, 3.63) is 12.2 Å². The maximum absolute atomic E-state index is 4.79. The summed E-state index contributed by atoms with van der Waals surface area (Å²) in [5.41, 5.74) is 1.09. The van der Waals surface area contributed by atoms with Gasteiger partial charge in [-0.05, 0) is 6.92 Å². The fourth-order valence-electron chi connectivity index (χ4n) is 0.473. The molecule has 0 N–H and O–H groups in total. The summed E-state index contributed by atoms with van der Waals surface area (Å²) in [5.74, 6) is 0. The molecule has 9 heavy (non-hydrogen) atoms. The van der Waals surface area contributed by atoms with E-state index >= 15 is 0 Å². The van der Waals surface area contributed by atoms with E-state index in [0.717, 1.165) is 12.1 Å². The van der Waals surface area contributed by atoms with Crippen LogP contribution in [0.1, 0.15) is 6.92 Å². The molecule has 0 unspecified atom stereocenters. The van der Waals surface area contributed by atoms with Crippen LogP contribution in [-0.2, 0) is 0 Å². The molecular weight excluding hydrogens is 150 g/mol. The van der Waals surface area contributed by atoms with Gasteiger partial charge in [-0.25, -0.2) is 0 Å². The lowest BCUT2D eigenvalue weighted by Crippen LogP contribution is -2.22. The molecule has 0 aromatic rings. The Bertz CT molecular complexity index is 131. The third-order valence-corrected chi connectivity index (χ3v) is 1.49. The molecule has 1 nitrogen and oxygen atoms in total. The number of thiocarbonyl (C=S) groups is 1. The van der Waals surface area contributed by atoms with Crippen molar-refractivity contribution < 1.29 is 0 Å². The minimum Gasteiger partial charge on any atom is -0.357 e. The van der Waals surface area contributed by atoms with E-state index in [1.165, 1.54) is 0 Å². The van der Waals surface area contributed by atoms with Gasteiger partial charge < -0.3 is 4.90 Å². The summed E-state index contributed by atoms with van der Waals surface area (Å²) in [6.07, 6.45) is 0. The van der Waals surface area contributed by atoms with E-state index in [1.807, 2.05) is 18.9 Å². The molecule has 0 amide bonds. The number of thiol groups is 1. The molecule has 0 saturated carbocycles. The van der Waals surface area contributed by atoms with E-state index in [9.17, 15) is 0 Å². The predicted octanol–water partition coefficient (Wildman–Crippen LogP) is 1.71. The number of hydrogen-bond donors (Lipinski definition) is 1. The highest BCUT2D eigenvalue weighted by molar-refractivity contribution is 8.10. The number of nitrogens with zero attached hydrogens (tertiary/aromatic N) is 1. The molecule has 0 spiro atoms. The molecule has 0 bridgehead atoms. The summed E-state index contributed by atoms with van der Waals surface area (Å²) < 4.78 is 0.609. The predicted molar refractivity (Wildman–Crippen MR) is 49.0 cm³/mol. The molecule has 0 aliphatic heterocycles. The first-order valence-corrected chi connectivity index (χ1v) is 3.48. The normalized spacial score (nSPS) is 8.78. The number of rotatable bonds is 2. The second-order valence-corrected chi connectivity index (χ2v) is 3.21. The van der Waals surface area contributed by atoms with Crippen LogP contribution in [0.15, 0.2) is 12.2 Å². The van der Waals surface area contributed by atoms with Gasteiger partial charge >= 0.3 is 0 Å². The number of likely N-dealkylation sites (N-methyl/N-ethyl adjacent to an activating group) is 1. The topological polar surface area (TPSA) is 3.24 Å². The summed E-state index contributed by atoms with van der Waals surface area (Å²) in [6.45, 7) is 6.50. The molecule has 0 saturated heterocycles. The third kappa shape index (κ3) is 4.48. The smallest absolute Gasteiger partial charge is 0.133 e. The Labute approximate surface area is 67.1 Å². The van der Waals surface area contributed by atoms with E-state index in [0.29, 0.717) is 4.32 Å². The molecular formula is C6H11NS2. The zero-order chi connectivity index (χ0) is 7.44. The first kappa shape index (κ1) is 8.98. The Morgan fingerprint density at radius 3 is 2.33 bits per heavy atom. The van der Waals surface area contributed by atoms with Gasteiger partial charge in [0.1, 0.15) is 4.32 Å². The van der Waals surface area contributed by atoms with E-state index in [1.54, 1.807) is 0 Å². The summed E-state index contributed by atoms with van der Waals surface area (Å²) in [6, 6.07) is 0. The van der Waals surface area contributed by atoms with Crippen molar-refractivity contribution in [2.75, 3.05) is 13.6 Å². The zero-order valence-electron chi connectivity index (χ0n) is 5.72. The van der Waals surface area contributed by atoms with Crippen LogP contribution in [0.2, 0.25) is 0 Å². The lowest BCUT2D eigenvalue weighted by atomic mass is 10.3. The molecule has 0 aromatic heterocycles. The Hall–Kier alpha value is -0.0200. The van der Waals surface area contributed by atoms with Crippen molar-refractivity contribution in [2.24, 2.45) is 0 Å². The Balaban J connectivity index is 3.63. The Kier molecular flexibility index (Phi) is 3.89. The van der Waals surface area contributed by atoms with Gasteiger partial charge in [-0.2, -0.15) is 0 Å². The third-order valence-electron chi connectivity index (χ3n) is 0.834. The minimum absolute atomic E-state index is 0.609. The fraction of sp³-hybridized carbons (Fsp3) is 0.500. The Morgan fingerprint density at radius 2 is 2.22 bits per heavy atom. The van der Waals surface area contributed by atoms with E-state index in [-0.39, 0.29) is 0 Å². The van der Waals surface area contributed by atoms with Crippen LogP contribution < -0.4 is 0 Å². The molecule has 0 rings (SSSR count). The van der Waals surface area contributed by atoms with Crippen molar-refractivity contribution in [1.82, 2.24) is 4.90 Å². The molecule has 0 heterocycles. The summed E-state index contributed by atoms with van der Waals surface area (Å²) in [4.78, 5) is 1.86. The first-order chi connectivity index (χ1) is 4.04. The van der Waals surface area contributed by atoms with Crippen LogP contribution in [0.25, 0.3) is 0 Å². The van der Waals surface area contributed by atoms with Crippen molar-refractivity contribution in [3.8, 4) is 0 Å². The minimum atomic E-state index is 0.609. The van der Waals surface area contributed by atoms with Crippen LogP contribution in [0.3, 0.4) is 0 Å². The van der Waals surface area contributed by atoms with Gasteiger partial charge in [0, 0.05) is 13.6 Å². The van der Waals surface area contributed by atoms with Gasteiger partial charge in [-0.1, -0.05) is 24.4 Å². The van der Waals surface area contributed by atoms with Gasteiger partial charge in [0.25, 0.3) is 0 Å². The van der Waals surface area contributed by atoms with Gasteiger partial charge in [-0.15, -0.1) is 12.6 Å². The molecule has 0 atom stereocenters. The molecule has 0 aromatic carbocycles. The maximum Gasteiger partial charge on any atom is 0.133 e. The monoisotopic (exact) mass is 161 g/mol. The van der Waals surface area contributed by atoms with Gasteiger partial charge in [-0.3, -0.25) is 0 Å². The molecule has 52 valence electrons. The summed E-state index contributed by atoms with van der Waals surface area (Å²) >= 11 is 8.77. The first-order valence-electron chi connectivity index (χ1n) is 2.62. The van der Waals surface area contributed by atoms with Gasteiger partial charge in [0.2, 0.25) is 0 Å². The lowest BCUT2D eigenvalue weighted by Gasteiger charge is -2.15. The van der Waals surface area contributed by atoms with Crippen molar-refractivity contribution in [2.45, 2.75) is 6.92 Å². The standard InChI is InChI=1S/C6H11NS2/c1-5(2)4-7(3)6(8)9/h1,4H2,2-3H3,(H,8,9). The quantitative estimate of drug-likeness (QED) is 0.373. The van der Waals surface area contributed by atoms with Crippen LogP contribution in [0, 0.1) is 0 Å². The average molecular weight is 161 g/mol. The highest BCUT2D eigenvalue weighted by atomic mass is 32.1. The van der Waals surface area contributed by atoms with Crippen LogP contribution >= 0.6 is 24.8 Å². The summed E-state index contributed by atoms with van der Waals surface area (Å²) in [7, 11) is 1.89. The van der Waals surface area contributed by atoms with Crippen LogP contribution in [-0.4, -0.2) is 22.8 Å². The molecule has 0 aliphatic carbocycles. The van der Waals surface area contributed by atoms with Crippen LogP contribution in [0.4, 0.5) is 0 Å². The van der Waals surface area contributed by atoms with Crippen LogP contribution in [0.5, 0.6) is 0 Å². The zero-order valence-corrected chi connectivity index (χ0v) is 7.43. The second kappa shape index (κ2) is 3.90. The maximum atomic E-state index is 4.79. The SMILES string of the molecule is C=C(C)CN(C)C(=S)S. The molecule has 0 fully saturated rings. The van der Waals surface area contributed by atoms with Crippen molar-refractivity contribution in [3.63, 3.8) is 0 Å². The lowest BCUT2D eigenvalue weighted by molar-refractivity contribution is 0.570. The average Bonchev–Trinajstić information content (AvgIpc) is 1.63. The highest BCUT2D eigenvalue weighted by Crippen LogP contribution is 1.96. The van der Waals surface area contributed by atoms with E-state index in [2.05, 4.69) is 19.2 Å². The fourth-order valence-corrected chi connectivity index (χ4v) is 0.608. The Morgan fingerprint density at radius 1 is 1.78 bits per heavy atom. The number of hydrogen-bond acceptors (Lipinski definition) is 1. The van der Waals surface area contributed by atoms with E-state index in [4.69, 9.17) is 12.2 Å². The van der Waals surface area contributed by atoms with Gasteiger partial charge in [0.05, 0.1) is 0 Å². The van der Waals surface area contributed by atoms with Crippen molar-refractivity contribution >= 4 is 29.2 Å². The van der Waals surface area contributed by atoms with Gasteiger partial charge in [0.15, 0.2) is 0 Å². The second-order valence-electron chi connectivity index (χ2n) is 2.10. The van der Waals surface area contributed by atoms with E-state index < -0.39 is 0 Å².